The highest BCUT2D eigenvalue weighted by atomic mass is 16.7. The molecule has 1 aromatic rings. The zero-order valence-electron chi connectivity index (χ0n) is 18.5. The minimum absolute atomic E-state index is 0.0649. The molecule has 8 nitrogen and oxygen atoms in total. The molecule has 32 heavy (non-hydrogen) atoms. The molecule has 0 N–H and O–H groups in total. The number of hydrogen-bond donors (Lipinski definition) is 0. The first-order chi connectivity index (χ1) is 15.4. The van der Waals surface area contributed by atoms with Crippen molar-refractivity contribution in [3.05, 3.63) is 41.5 Å². The summed E-state index contributed by atoms with van der Waals surface area (Å²) in [5.41, 5.74) is 2.74. The van der Waals surface area contributed by atoms with Gasteiger partial charge in [0.25, 0.3) is 0 Å². The highest BCUT2D eigenvalue weighted by molar-refractivity contribution is 6.10. The summed E-state index contributed by atoms with van der Waals surface area (Å²) in [5, 5.41) is 1.72. The maximum absolute atomic E-state index is 13.3. The van der Waals surface area contributed by atoms with E-state index >= 15 is 0 Å². The van der Waals surface area contributed by atoms with Crippen LogP contribution in [0.25, 0.3) is 0 Å². The van der Waals surface area contributed by atoms with Crippen LogP contribution in [0.4, 0.5) is 5.69 Å². The van der Waals surface area contributed by atoms with Crippen LogP contribution in [-0.4, -0.2) is 54.5 Å². The van der Waals surface area contributed by atoms with Crippen LogP contribution < -0.4 is 0 Å². The summed E-state index contributed by atoms with van der Waals surface area (Å²) in [6.45, 7) is 4.73. The number of esters is 2. The fourth-order valence-electron chi connectivity index (χ4n) is 6.72. The van der Waals surface area contributed by atoms with E-state index in [9.17, 15) is 14.4 Å². The molecule has 1 aromatic carbocycles. The Morgan fingerprint density at radius 3 is 2.62 bits per heavy atom. The molecule has 3 aliphatic heterocycles. The molecule has 0 aromatic heterocycles. The first-order valence-electron chi connectivity index (χ1n) is 10.9. The van der Waals surface area contributed by atoms with Crippen molar-refractivity contribution in [2.45, 2.75) is 44.7 Å². The van der Waals surface area contributed by atoms with Gasteiger partial charge in [0, 0.05) is 19.8 Å². The molecule has 3 heterocycles. The maximum Gasteiger partial charge on any atom is 0.322 e. The van der Waals surface area contributed by atoms with Crippen molar-refractivity contribution in [1.82, 2.24) is 5.06 Å². The van der Waals surface area contributed by atoms with E-state index in [0.29, 0.717) is 6.42 Å². The number of carbonyl (C=O) groups excluding carboxylic acids is 3. The molecule has 5 aliphatic rings. The number of benzene rings is 1. The molecule has 2 unspecified atom stereocenters. The Morgan fingerprint density at radius 2 is 1.97 bits per heavy atom. The summed E-state index contributed by atoms with van der Waals surface area (Å²) < 4.78 is 10.9. The van der Waals surface area contributed by atoms with Gasteiger partial charge in [0.05, 0.1) is 48.5 Å². The SMILES string of the molecule is C/C=C1/C2[C@@H](COC(C)=O)[C@]34C(=Nc5ccccc53)[C@H](C[C@@H]1C4C(=O)OC)N2OC(C)=O. The lowest BCUT2D eigenvalue weighted by atomic mass is 9.42. The monoisotopic (exact) mass is 438 g/mol. The van der Waals surface area contributed by atoms with E-state index in [4.69, 9.17) is 19.3 Å². The minimum atomic E-state index is -0.791. The van der Waals surface area contributed by atoms with Gasteiger partial charge in [-0.3, -0.25) is 19.4 Å². The Kier molecular flexibility index (Phi) is 4.74. The van der Waals surface area contributed by atoms with Gasteiger partial charge in [-0.1, -0.05) is 24.3 Å². The number of rotatable bonds is 4. The molecule has 4 bridgehead atoms. The number of hydroxylamine groups is 2. The van der Waals surface area contributed by atoms with Gasteiger partial charge in [0.15, 0.2) is 0 Å². The zero-order chi connectivity index (χ0) is 22.8. The number of ether oxygens (including phenoxy) is 2. The highest BCUT2D eigenvalue weighted by Crippen LogP contribution is 2.66. The molecule has 2 saturated carbocycles. The van der Waals surface area contributed by atoms with E-state index in [2.05, 4.69) is 0 Å². The number of methoxy groups -OCH3 is 1. The molecular formula is C24H26N2O6. The van der Waals surface area contributed by atoms with Crippen molar-refractivity contribution in [3.8, 4) is 0 Å². The number of allylic oxidation sites excluding steroid dienone is 1. The molecule has 8 heteroatoms. The van der Waals surface area contributed by atoms with Crippen molar-refractivity contribution in [1.29, 1.82) is 0 Å². The third-order valence-electron chi connectivity index (χ3n) is 7.51. The van der Waals surface area contributed by atoms with Gasteiger partial charge in [0.2, 0.25) is 0 Å². The molecule has 2 saturated heterocycles. The largest absolute Gasteiger partial charge is 0.469 e. The van der Waals surface area contributed by atoms with E-state index < -0.39 is 23.3 Å². The smallest absolute Gasteiger partial charge is 0.322 e. The third kappa shape index (κ3) is 2.53. The Hall–Kier alpha value is -3.00. The average Bonchev–Trinajstić information content (AvgIpc) is 3.10. The quantitative estimate of drug-likeness (QED) is 0.527. The lowest BCUT2D eigenvalue weighted by Crippen LogP contribution is -2.78. The summed E-state index contributed by atoms with van der Waals surface area (Å²) in [6.07, 6.45) is 2.59. The van der Waals surface area contributed by atoms with Crippen LogP contribution in [0.3, 0.4) is 0 Å². The fraction of sp³-hybridized carbons (Fsp3) is 0.500. The van der Waals surface area contributed by atoms with Gasteiger partial charge in [0.1, 0.15) is 0 Å². The zero-order valence-corrected chi connectivity index (χ0v) is 18.5. The van der Waals surface area contributed by atoms with Gasteiger partial charge in [-0.25, -0.2) is 0 Å². The van der Waals surface area contributed by atoms with Crippen molar-refractivity contribution >= 4 is 29.3 Å². The molecule has 0 amide bonds. The van der Waals surface area contributed by atoms with Crippen LogP contribution in [-0.2, 0) is 34.1 Å². The summed E-state index contributed by atoms with van der Waals surface area (Å²) >= 11 is 0. The Bertz CT molecular complexity index is 1080. The third-order valence-corrected chi connectivity index (χ3v) is 7.51. The molecule has 6 atom stereocenters. The second kappa shape index (κ2) is 7.27. The first-order valence-corrected chi connectivity index (χ1v) is 10.9. The summed E-state index contributed by atoms with van der Waals surface area (Å²) in [6, 6.07) is 7.18. The second-order valence-corrected chi connectivity index (χ2v) is 8.83. The van der Waals surface area contributed by atoms with Crippen molar-refractivity contribution < 1.29 is 28.7 Å². The fourth-order valence-corrected chi connectivity index (χ4v) is 6.72. The molecular weight excluding hydrogens is 412 g/mol. The standard InChI is InChI=1S/C24H26N2O6/c1-5-14-15-10-19-22-24(20(15)23(29)30-4,16-8-6-7-9-18(16)25-22)17(11-31-12(2)27)21(14)26(19)32-13(3)28/h5-9,15,17,19-21H,10-11H2,1-4H3/b14-5+/t15-,17+,19-,20?,21?,24+/m0/s1. The summed E-state index contributed by atoms with van der Waals surface area (Å²) in [5.74, 6) is -2.10. The second-order valence-electron chi connectivity index (χ2n) is 8.83. The van der Waals surface area contributed by atoms with Crippen LogP contribution >= 0.6 is 0 Å². The molecule has 1 spiro atoms. The number of nitrogens with zero attached hydrogens (tertiary/aromatic N) is 2. The number of hydrogen-bond acceptors (Lipinski definition) is 8. The van der Waals surface area contributed by atoms with Crippen LogP contribution in [0.1, 0.15) is 32.8 Å². The van der Waals surface area contributed by atoms with E-state index in [1.807, 2.05) is 37.3 Å². The van der Waals surface area contributed by atoms with E-state index in [-0.39, 0.29) is 36.5 Å². The normalized spacial score (nSPS) is 35.2. The van der Waals surface area contributed by atoms with Crippen LogP contribution in [0.15, 0.2) is 40.9 Å². The Balaban J connectivity index is 1.79. The topological polar surface area (TPSA) is 94.5 Å². The molecule has 168 valence electrons. The number of aliphatic imine (C=N–C) groups is 1. The number of fused-ring (bicyclic) bond motifs is 1. The maximum atomic E-state index is 13.3. The van der Waals surface area contributed by atoms with Crippen LogP contribution in [0.2, 0.25) is 0 Å². The molecule has 4 fully saturated rings. The van der Waals surface area contributed by atoms with E-state index in [1.165, 1.54) is 21.0 Å². The lowest BCUT2D eigenvalue weighted by molar-refractivity contribution is -0.240. The first kappa shape index (κ1) is 20.9. The molecule has 2 aliphatic carbocycles. The van der Waals surface area contributed by atoms with Gasteiger partial charge in [-0.15, -0.1) is 5.06 Å². The van der Waals surface area contributed by atoms with Gasteiger partial charge in [-0.2, -0.15) is 0 Å². The molecule has 0 radical (unpaired) electrons. The number of carbonyl (C=O) groups is 3. The highest BCUT2D eigenvalue weighted by Gasteiger charge is 2.75. The van der Waals surface area contributed by atoms with Crippen molar-refractivity contribution in [2.75, 3.05) is 13.7 Å². The van der Waals surface area contributed by atoms with Crippen molar-refractivity contribution in [2.24, 2.45) is 22.7 Å². The Morgan fingerprint density at radius 1 is 1.22 bits per heavy atom. The summed E-state index contributed by atoms with van der Waals surface area (Å²) in [4.78, 5) is 47.9. The molecule has 6 rings (SSSR count). The number of piperidine rings is 2. The summed E-state index contributed by atoms with van der Waals surface area (Å²) in [7, 11) is 1.41. The average molecular weight is 438 g/mol. The van der Waals surface area contributed by atoms with Gasteiger partial charge >= 0.3 is 17.9 Å². The van der Waals surface area contributed by atoms with Crippen LogP contribution in [0, 0.1) is 17.8 Å². The van der Waals surface area contributed by atoms with Crippen molar-refractivity contribution in [3.63, 3.8) is 0 Å². The van der Waals surface area contributed by atoms with E-state index in [1.54, 1.807) is 5.06 Å². The van der Waals surface area contributed by atoms with E-state index in [0.717, 1.165) is 22.5 Å². The van der Waals surface area contributed by atoms with Gasteiger partial charge < -0.3 is 14.3 Å². The lowest BCUT2D eigenvalue weighted by Gasteiger charge is -2.66. The predicted octanol–water partition coefficient (Wildman–Crippen LogP) is 2.49. The Labute approximate surface area is 186 Å². The minimum Gasteiger partial charge on any atom is -0.469 e. The van der Waals surface area contributed by atoms with Crippen LogP contribution in [0.5, 0.6) is 0 Å². The number of para-hydroxylation sites is 1. The van der Waals surface area contributed by atoms with Gasteiger partial charge in [-0.05, 0) is 36.5 Å². The predicted molar refractivity (Wildman–Crippen MR) is 114 cm³/mol.